The fourth-order valence-corrected chi connectivity index (χ4v) is 3.32. The quantitative estimate of drug-likeness (QED) is 0.840. The molecule has 24 heavy (non-hydrogen) atoms. The Hall–Kier alpha value is -1.61. The van der Waals surface area contributed by atoms with Crippen LogP contribution in [0, 0.1) is 6.92 Å². The highest BCUT2D eigenvalue weighted by atomic mass is 19.4. The number of aromatic nitrogens is 2. The standard InChI is InChI=1S/C15H20F3N3O3/c1-9-6-19-21(12-7-23-8-12)13(9)11-3-4-20(10(2)5-11)24-14(22)15(16,17)18/h6,10-12H,3-5,7-8H2,1-2H3/t10-,11+/m1/s1. The average Bonchev–Trinajstić information content (AvgIpc) is 2.80. The van der Waals surface area contributed by atoms with Gasteiger partial charge in [0, 0.05) is 24.2 Å². The van der Waals surface area contributed by atoms with Gasteiger partial charge < -0.3 is 9.57 Å². The van der Waals surface area contributed by atoms with E-state index in [0.717, 1.165) is 16.3 Å². The Bertz CT molecular complexity index is 613. The fraction of sp³-hybridized carbons (Fsp3) is 0.733. The highest BCUT2D eigenvalue weighted by molar-refractivity contribution is 5.75. The minimum Gasteiger partial charge on any atom is -0.377 e. The van der Waals surface area contributed by atoms with E-state index < -0.39 is 12.1 Å². The first kappa shape index (κ1) is 17.2. The van der Waals surface area contributed by atoms with Gasteiger partial charge in [-0.1, -0.05) is 0 Å². The number of piperidine rings is 1. The Morgan fingerprint density at radius 3 is 2.67 bits per heavy atom. The van der Waals surface area contributed by atoms with Crippen LogP contribution in [0.5, 0.6) is 0 Å². The number of carbonyl (C=O) groups is 1. The van der Waals surface area contributed by atoms with Gasteiger partial charge in [-0.2, -0.15) is 18.3 Å². The number of nitrogens with zero attached hydrogens (tertiary/aromatic N) is 3. The molecule has 2 atom stereocenters. The van der Waals surface area contributed by atoms with Crippen molar-refractivity contribution >= 4 is 5.97 Å². The molecular weight excluding hydrogens is 327 g/mol. The Morgan fingerprint density at radius 2 is 2.12 bits per heavy atom. The highest BCUT2D eigenvalue weighted by Gasteiger charge is 2.44. The number of hydroxylamine groups is 2. The van der Waals surface area contributed by atoms with Gasteiger partial charge in [-0.15, -0.1) is 5.06 Å². The van der Waals surface area contributed by atoms with Crippen LogP contribution in [0.3, 0.4) is 0 Å². The van der Waals surface area contributed by atoms with Gasteiger partial charge in [0.1, 0.15) is 0 Å². The molecule has 0 bridgehead atoms. The number of carbonyl (C=O) groups excluding carboxylic acids is 1. The predicted octanol–water partition coefficient (Wildman–Crippen LogP) is 2.35. The maximum absolute atomic E-state index is 12.3. The molecule has 2 aliphatic heterocycles. The lowest BCUT2D eigenvalue weighted by molar-refractivity contribution is -0.249. The number of alkyl halides is 3. The molecule has 6 nitrogen and oxygen atoms in total. The summed E-state index contributed by atoms with van der Waals surface area (Å²) in [6.45, 7) is 5.27. The fourth-order valence-electron chi connectivity index (χ4n) is 3.32. The lowest BCUT2D eigenvalue weighted by Gasteiger charge is -2.37. The van der Waals surface area contributed by atoms with Crippen molar-refractivity contribution < 1.29 is 27.5 Å². The summed E-state index contributed by atoms with van der Waals surface area (Å²) in [4.78, 5) is 15.5. The van der Waals surface area contributed by atoms with Crippen LogP contribution in [-0.4, -0.2) is 52.8 Å². The van der Waals surface area contributed by atoms with Crippen molar-refractivity contribution in [2.24, 2.45) is 0 Å². The summed E-state index contributed by atoms with van der Waals surface area (Å²) in [5.74, 6) is -2.00. The molecule has 9 heteroatoms. The number of rotatable bonds is 3. The first-order chi connectivity index (χ1) is 11.3. The van der Waals surface area contributed by atoms with Crippen LogP contribution in [0.25, 0.3) is 0 Å². The molecule has 0 amide bonds. The van der Waals surface area contributed by atoms with Crippen LogP contribution in [0.2, 0.25) is 0 Å². The first-order valence-electron chi connectivity index (χ1n) is 7.95. The van der Waals surface area contributed by atoms with Gasteiger partial charge in [0.05, 0.1) is 25.5 Å². The van der Waals surface area contributed by atoms with Crippen LogP contribution in [0.1, 0.15) is 43.0 Å². The lowest BCUT2D eigenvalue weighted by atomic mass is 9.88. The summed E-state index contributed by atoms with van der Waals surface area (Å²) in [7, 11) is 0. The van der Waals surface area contributed by atoms with Gasteiger partial charge in [-0.25, -0.2) is 4.79 Å². The molecule has 3 heterocycles. The molecule has 2 saturated heterocycles. The summed E-state index contributed by atoms with van der Waals surface area (Å²) in [6.07, 6.45) is -1.95. The highest BCUT2D eigenvalue weighted by Crippen LogP contribution is 2.36. The topological polar surface area (TPSA) is 56.6 Å². The molecule has 0 aromatic carbocycles. The second-order valence-electron chi connectivity index (χ2n) is 6.44. The Balaban J connectivity index is 1.68. The van der Waals surface area contributed by atoms with Crippen LogP contribution in [-0.2, 0) is 14.4 Å². The van der Waals surface area contributed by atoms with E-state index in [1.165, 1.54) is 0 Å². The third kappa shape index (κ3) is 3.27. The second-order valence-corrected chi connectivity index (χ2v) is 6.44. The van der Waals surface area contributed by atoms with Gasteiger partial charge in [0.25, 0.3) is 0 Å². The zero-order valence-corrected chi connectivity index (χ0v) is 13.5. The molecule has 0 saturated carbocycles. The number of hydrogen-bond acceptors (Lipinski definition) is 5. The molecule has 0 N–H and O–H groups in total. The molecule has 134 valence electrons. The predicted molar refractivity (Wildman–Crippen MR) is 77.1 cm³/mol. The second kappa shape index (κ2) is 6.36. The molecule has 2 aliphatic rings. The van der Waals surface area contributed by atoms with E-state index in [-0.39, 0.29) is 24.5 Å². The van der Waals surface area contributed by atoms with Crippen molar-refractivity contribution in [3.63, 3.8) is 0 Å². The summed E-state index contributed by atoms with van der Waals surface area (Å²) in [5.41, 5.74) is 2.18. The normalized spacial score (nSPS) is 26.2. The molecule has 0 spiro atoms. The zero-order valence-electron chi connectivity index (χ0n) is 13.5. The number of hydrogen-bond donors (Lipinski definition) is 0. The largest absolute Gasteiger partial charge is 0.492 e. The van der Waals surface area contributed by atoms with E-state index >= 15 is 0 Å². The van der Waals surface area contributed by atoms with Gasteiger partial charge in [-0.3, -0.25) is 4.68 Å². The van der Waals surface area contributed by atoms with E-state index in [4.69, 9.17) is 4.74 Å². The Labute approximate surface area is 137 Å². The molecular formula is C15H20F3N3O3. The van der Waals surface area contributed by atoms with E-state index in [1.54, 1.807) is 6.92 Å². The van der Waals surface area contributed by atoms with E-state index in [1.807, 2.05) is 17.8 Å². The van der Waals surface area contributed by atoms with Gasteiger partial charge in [0.15, 0.2) is 0 Å². The van der Waals surface area contributed by atoms with Crippen LogP contribution in [0.4, 0.5) is 13.2 Å². The van der Waals surface area contributed by atoms with Crippen LogP contribution < -0.4 is 0 Å². The summed E-state index contributed by atoms with van der Waals surface area (Å²) in [5, 5.41) is 5.56. The maximum atomic E-state index is 12.3. The third-order valence-corrected chi connectivity index (χ3v) is 4.63. The minimum atomic E-state index is -4.98. The first-order valence-corrected chi connectivity index (χ1v) is 7.95. The summed E-state index contributed by atoms with van der Waals surface area (Å²) >= 11 is 0. The number of aryl methyl sites for hydroxylation is 1. The van der Waals surface area contributed by atoms with E-state index in [2.05, 4.69) is 9.94 Å². The van der Waals surface area contributed by atoms with Crippen molar-refractivity contribution in [2.75, 3.05) is 19.8 Å². The smallest absolute Gasteiger partial charge is 0.377 e. The molecule has 0 unspecified atom stereocenters. The average molecular weight is 347 g/mol. The Morgan fingerprint density at radius 1 is 1.42 bits per heavy atom. The zero-order chi connectivity index (χ0) is 17.5. The Kier molecular flexibility index (Phi) is 4.56. The van der Waals surface area contributed by atoms with Gasteiger partial charge >= 0.3 is 12.1 Å². The van der Waals surface area contributed by atoms with Crippen LogP contribution >= 0.6 is 0 Å². The van der Waals surface area contributed by atoms with E-state index in [0.29, 0.717) is 26.1 Å². The molecule has 0 aliphatic carbocycles. The van der Waals surface area contributed by atoms with Crippen molar-refractivity contribution in [3.8, 4) is 0 Å². The van der Waals surface area contributed by atoms with Gasteiger partial charge in [0.2, 0.25) is 0 Å². The summed E-state index contributed by atoms with van der Waals surface area (Å²) < 4.78 is 44.2. The number of ether oxygens (including phenoxy) is 1. The van der Waals surface area contributed by atoms with Crippen LogP contribution in [0.15, 0.2) is 6.20 Å². The van der Waals surface area contributed by atoms with Crippen molar-refractivity contribution in [1.29, 1.82) is 0 Å². The maximum Gasteiger partial charge on any atom is 0.492 e. The monoisotopic (exact) mass is 347 g/mol. The molecule has 1 aromatic rings. The van der Waals surface area contributed by atoms with Crippen molar-refractivity contribution in [3.05, 3.63) is 17.5 Å². The van der Waals surface area contributed by atoms with E-state index in [9.17, 15) is 18.0 Å². The van der Waals surface area contributed by atoms with Crippen molar-refractivity contribution in [1.82, 2.24) is 14.8 Å². The van der Waals surface area contributed by atoms with Gasteiger partial charge in [-0.05, 0) is 32.3 Å². The minimum absolute atomic E-state index is 0.170. The number of halogens is 3. The lowest BCUT2D eigenvalue weighted by Crippen LogP contribution is -2.44. The molecule has 3 rings (SSSR count). The summed E-state index contributed by atoms with van der Waals surface area (Å²) in [6, 6.07) is -0.0690. The van der Waals surface area contributed by atoms with Crippen molar-refractivity contribution in [2.45, 2.75) is 50.9 Å². The third-order valence-electron chi connectivity index (χ3n) is 4.63. The molecule has 0 radical (unpaired) electrons. The molecule has 2 fully saturated rings. The molecule has 1 aromatic heterocycles. The SMILES string of the molecule is Cc1cnn(C2COC2)c1[C@H]1CCN(OC(=O)C(F)(F)F)[C@H](C)C1.